The fraction of sp³-hybridized carbons (Fsp3) is 0.706. The minimum atomic E-state index is -0.600. The van der Waals surface area contributed by atoms with Crippen LogP contribution in [0.5, 0.6) is 0 Å². The highest BCUT2D eigenvalue weighted by Crippen LogP contribution is 2.24. The van der Waals surface area contributed by atoms with Crippen LogP contribution in [-0.2, 0) is 11.3 Å². The number of likely N-dealkylation sites (tertiary alicyclic amines) is 2. The van der Waals surface area contributed by atoms with Gasteiger partial charge in [-0.25, -0.2) is 0 Å². The fourth-order valence-corrected chi connectivity index (χ4v) is 3.61. The molecule has 0 radical (unpaired) electrons. The predicted molar refractivity (Wildman–Crippen MR) is 84.5 cm³/mol. The number of furan rings is 1. The average molecular weight is 322 g/mol. The van der Waals surface area contributed by atoms with Crippen molar-refractivity contribution in [3.63, 3.8) is 0 Å². The topological polar surface area (TPSA) is 77.2 Å². The summed E-state index contributed by atoms with van der Waals surface area (Å²) in [5, 5.41) is 19.2. The molecule has 2 aliphatic rings. The van der Waals surface area contributed by atoms with Crippen LogP contribution in [0.25, 0.3) is 0 Å². The zero-order valence-corrected chi connectivity index (χ0v) is 13.4. The molecule has 2 fully saturated rings. The van der Waals surface area contributed by atoms with Gasteiger partial charge >= 0.3 is 0 Å². The molecule has 1 aromatic heterocycles. The Kier molecular flexibility index (Phi) is 5.35. The molecule has 6 nitrogen and oxygen atoms in total. The minimum Gasteiger partial charge on any atom is -0.468 e. The summed E-state index contributed by atoms with van der Waals surface area (Å²) < 4.78 is 5.37. The van der Waals surface area contributed by atoms with Crippen LogP contribution >= 0.6 is 0 Å². The lowest BCUT2D eigenvalue weighted by atomic mass is 9.91. The Morgan fingerprint density at radius 2 is 2.04 bits per heavy atom. The van der Waals surface area contributed by atoms with Crippen LogP contribution in [0.2, 0.25) is 0 Å². The highest BCUT2D eigenvalue weighted by molar-refractivity contribution is 5.79. The Hall–Kier alpha value is -1.37. The van der Waals surface area contributed by atoms with Crippen molar-refractivity contribution >= 4 is 5.91 Å². The van der Waals surface area contributed by atoms with E-state index in [4.69, 9.17) is 4.42 Å². The molecule has 23 heavy (non-hydrogen) atoms. The van der Waals surface area contributed by atoms with Crippen molar-refractivity contribution < 1.29 is 19.4 Å². The van der Waals surface area contributed by atoms with Crippen molar-refractivity contribution in [2.24, 2.45) is 11.8 Å². The first-order chi connectivity index (χ1) is 11.2. The number of aliphatic hydroxyl groups excluding tert-OH is 2. The van der Waals surface area contributed by atoms with Crippen LogP contribution in [0.3, 0.4) is 0 Å². The van der Waals surface area contributed by atoms with Gasteiger partial charge in [0.1, 0.15) is 5.76 Å². The summed E-state index contributed by atoms with van der Waals surface area (Å²) in [5.41, 5.74) is 0. The number of carbonyl (C=O) groups is 1. The smallest absolute Gasteiger partial charge is 0.225 e. The number of amides is 1. The van der Waals surface area contributed by atoms with Gasteiger partial charge in [-0.15, -0.1) is 0 Å². The summed E-state index contributed by atoms with van der Waals surface area (Å²) in [6.45, 7) is 3.59. The van der Waals surface area contributed by atoms with Crippen molar-refractivity contribution in [1.82, 2.24) is 9.80 Å². The number of rotatable bonds is 4. The summed E-state index contributed by atoms with van der Waals surface area (Å²) >= 11 is 0. The summed E-state index contributed by atoms with van der Waals surface area (Å²) in [5.74, 6) is 1.09. The van der Waals surface area contributed by atoms with Crippen LogP contribution in [0.4, 0.5) is 0 Å². The molecule has 128 valence electrons. The molecule has 2 atom stereocenters. The first kappa shape index (κ1) is 16.5. The van der Waals surface area contributed by atoms with Crippen LogP contribution in [0.1, 0.15) is 25.0 Å². The SMILES string of the molecule is O=C(C1CCN(Cc2ccco2)CC1)N1CC[C@@H](CO)[C@H](O)C1. The van der Waals surface area contributed by atoms with Gasteiger partial charge in [0, 0.05) is 31.5 Å². The third-order valence-corrected chi connectivity index (χ3v) is 5.16. The van der Waals surface area contributed by atoms with Crippen molar-refractivity contribution in [2.45, 2.75) is 31.9 Å². The Morgan fingerprint density at radius 1 is 1.26 bits per heavy atom. The Balaban J connectivity index is 1.46. The number of carbonyl (C=O) groups excluding carboxylic acids is 1. The van der Waals surface area contributed by atoms with Crippen LogP contribution in [-0.4, -0.2) is 64.8 Å². The predicted octanol–water partition coefficient (Wildman–Crippen LogP) is 0.693. The quantitative estimate of drug-likeness (QED) is 0.853. The largest absolute Gasteiger partial charge is 0.468 e. The summed E-state index contributed by atoms with van der Waals surface area (Å²) in [6, 6.07) is 3.87. The van der Waals surface area contributed by atoms with E-state index in [0.29, 0.717) is 19.5 Å². The van der Waals surface area contributed by atoms with Gasteiger partial charge in [0.15, 0.2) is 0 Å². The normalized spacial score (nSPS) is 27.3. The second-order valence-corrected chi connectivity index (χ2v) is 6.71. The molecule has 3 heterocycles. The van der Waals surface area contributed by atoms with E-state index < -0.39 is 6.10 Å². The third kappa shape index (κ3) is 3.94. The zero-order chi connectivity index (χ0) is 16.2. The Bertz CT molecular complexity index is 497. The molecule has 0 spiro atoms. The van der Waals surface area contributed by atoms with Crippen molar-refractivity contribution in [2.75, 3.05) is 32.8 Å². The molecule has 0 saturated carbocycles. The van der Waals surface area contributed by atoms with E-state index in [2.05, 4.69) is 4.90 Å². The molecule has 2 aliphatic heterocycles. The lowest BCUT2D eigenvalue weighted by molar-refractivity contribution is -0.142. The number of nitrogens with zero attached hydrogens (tertiary/aromatic N) is 2. The number of hydrogen-bond donors (Lipinski definition) is 2. The molecule has 0 unspecified atom stereocenters. The maximum atomic E-state index is 12.6. The van der Waals surface area contributed by atoms with E-state index in [-0.39, 0.29) is 24.3 Å². The fourth-order valence-electron chi connectivity index (χ4n) is 3.61. The van der Waals surface area contributed by atoms with Crippen molar-refractivity contribution in [1.29, 1.82) is 0 Å². The first-order valence-corrected chi connectivity index (χ1v) is 8.50. The van der Waals surface area contributed by atoms with Crippen LogP contribution < -0.4 is 0 Å². The third-order valence-electron chi connectivity index (χ3n) is 5.16. The highest BCUT2D eigenvalue weighted by Gasteiger charge is 2.34. The van der Waals surface area contributed by atoms with E-state index >= 15 is 0 Å². The number of hydrogen-bond acceptors (Lipinski definition) is 5. The average Bonchev–Trinajstić information content (AvgIpc) is 3.08. The summed E-state index contributed by atoms with van der Waals surface area (Å²) in [6.07, 6.45) is 3.48. The van der Waals surface area contributed by atoms with Gasteiger partial charge in [0.2, 0.25) is 5.91 Å². The molecule has 1 amide bonds. The maximum Gasteiger partial charge on any atom is 0.225 e. The lowest BCUT2D eigenvalue weighted by Gasteiger charge is -2.38. The Labute approximate surface area is 136 Å². The van der Waals surface area contributed by atoms with Gasteiger partial charge in [-0.2, -0.15) is 0 Å². The second-order valence-electron chi connectivity index (χ2n) is 6.71. The van der Waals surface area contributed by atoms with Crippen molar-refractivity contribution in [3.8, 4) is 0 Å². The van der Waals surface area contributed by atoms with Gasteiger partial charge < -0.3 is 19.5 Å². The molecule has 0 aliphatic carbocycles. The van der Waals surface area contributed by atoms with Crippen LogP contribution in [0, 0.1) is 11.8 Å². The summed E-state index contributed by atoms with van der Waals surface area (Å²) in [7, 11) is 0. The van der Waals surface area contributed by atoms with E-state index in [0.717, 1.165) is 38.2 Å². The molecular weight excluding hydrogens is 296 g/mol. The van der Waals surface area contributed by atoms with Crippen molar-refractivity contribution in [3.05, 3.63) is 24.2 Å². The Morgan fingerprint density at radius 3 is 2.65 bits per heavy atom. The monoisotopic (exact) mass is 322 g/mol. The highest BCUT2D eigenvalue weighted by atomic mass is 16.3. The molecule has 3 rings (SSSR count). The van der Waals surface area contributed by atoms with Gasteiger partial charge in [0.05, 0.1) is 18.9 Å². The molecular formula is C17H26N2O4. The number of β-amino-alcohol motifs (C(OH)–C–C–N with tert-alkyl or cyclic N) is 1. The molecule has 1 aromatic rings. The molecule has 6 heteroatoms. The van der Waals surface area contributed by atoms with E-state index in [1.165, 1.54) is 0 Å². The van der Waals surface area contributed by atoms with Gasteiger partial charge in [0.25, 0.3) is 0 Å². The van der Waals surface area contributed by atoms with Gasteiger partial charge in [-0.05, 0) is 44.5 Å². The molecule has 2 saturated heterocycles. The second kappa shape index (κ2) is 7.47. The minimum absolute atomic E-state index is 0.00559. The van der Waals surface area contributed by atoms with Crippen LogP contribution in [0.15, 0.2) is 22.8 Å². The van der Waals surface area contributed by atoms with E-state index in [9.17, 15) is 15.0 Å². The molecule has 0 bridgehead atoms. The van der Waals surface area contributed by atoms with E-state index in [1.807, 2.05) is 12.1 Å². The van der Waals surface area contributed by atoms with E-state index in [1.54, 1.807) is 11.2 Å². The molecule has 0 aromatic carbocycles. The number of piperidine rings is 2. The first-order valence-electron chi connectivity index (χ1n) is 8.50. The number of aliphatic hydroxyl groups is 2. The molecule has 2 N–H and O–H groups in total. The van der Waals surface area contributed by atoms with Gasteiger partial charge in [-0.3, -0.25) is 9.69 Å². The maximum absolute atomic E-state index is 12.6. The standard InChI is InChI=1S/C17H26N2O4/c20-12-14-5-8-19(11-16(14)21)17(22)13-3-6-18(7-4-13)10-15-2-1-9-23-15/h1-2,9,13-14,16,20-21H,3-8,10-12H2/t14-,16+/m0/s1. The summed E-state index contributed by atoms with van der Waals surface area (Å²) in [4.78, 5) is 16.7. The lowest BCUT2D eigenvalue weighted by Crippen LogP contribution is -2.50. The van der Waals surface area contributed by atoms with Gasteiger partial charge in [-0.1, -0.05) is 0 Å². The zero-order valence-electron chi connectivity index (χ0n) is 13.4.